The van der Waals surface area contributed by atoms with Crippen LogP contribution in [0.3, 0.4) is 0 Å². The van der Waals surface area contributed by atoms with Crippen LogP contribution < -0.4 is 15.9 Å². The summed E-state index contributed by atoms with van der Waals surface area (Å²) in [6.07, 6.45) is 6.02. The van der Waals surface area contributed by atoms with Crippen molar-refractivity contribution in [2.24, 2.45) is 11.0 Å². The summed E-state index contributed by atoms with van der Waals surface area (Å²) >= 11 is 0. The second-order valence-corrected chi connectivity index (χ2v) is 4.95. The Morgan fingerprint density at radius 2 is 2.05 bits per heavy atom. The van der Waals surface area contributed by atoms with Crippen molar-refractivity contribution in [3.63, 3.8) is 0 Å². The number of nitrogens with one attached hydrogen (secondary N) is 1. The minimum absolute atomic E-state index is 0.145. The van der Waals surface area contributed by atoms with Crippen molar-refractivity contribution < 1.29 is 10.4 Å². The standard InChI is InChI=1S/C14H22N4O4/c1-3-5-6-11(4-2)10-15-16-13-8-7-12(17(19)20)9-14(13)18(21)22/h7-11,16,21-22H,3-6H2,1-2H3/q-2. The molecule has 3 N–H and O–H groups in total. The van der Waals surface area contributed by atoms with Crippen molar-refractivity contribution in [3.8, 4) is 0 Å². The molecule has 0 amide bonds. The normalized spacial score (nSPS) is 12.5. The highest BCUT2D eigenvalue weighted by atomic mass is 16.8. The van der Waals surface area contributed by atoms with Gasteiger partial charge in [-0.25, -0.2) is 0 Å². The molecule has 1 aromatic rings. The molecule has 0 aliphatic carbocycles. The molecule has 0 bridgehead atoms. The van der Waals surface area contributed by atoms with E-state index < -0.39 is 5.23 Å². The van der Waals surface area contributed by atoms with Crippen molar-refractivity contribution in [2.45, 2.75) is 39.5 Å². The van der Waals surface area contributed by atoms with Crippen molar-refractivity contribution in [3.05, 3.63) is 28.6 Å². The Hall–Kier alpha value is -1.87. The quantitative estimate of drug-likeness (QED) is 0.470. The monoisotopic (exact) mass is 310 g/mol. The number of benzene rings is 1. The number of nitrogens with zero attached hydrogens (tertiary/aromatic N) is 3. The summed E-state index contributed by atoms with van der Waals surface area (Å²) in [6.45, 7) is 4.20. The van der Waals surface area contributed by atoms with Crippen LogP contribution in [0, 0.1) is 16.3 Å². The molecular weight excluding hydrogens is 288 g/mol. The molecule has 0 radical (unpaired) electrons. The van der Waals surface area contributed by atoms with Gasteiger partial charge in [0.05, 0.1) is 5.69 Å². The molecule has 1 atom stereocenters. The summed E-state index contributed by atoms with van der Waals surface area (Å²) in [6, 6.07) is 3.68. The highest BCUT2D eigenvalue weighted by Crippen LogP contribution is 2.29. The topological polar surface area (TPSA) is 117 Å². The Labute approximate surface area is 129 Å². The second-order valence-electron chi connectivity index (χ2n) is 4.95. The van der Waals surface area contributed by atoms with Crippen LogP contribution in [0.5, 0.6) is 0 Å². The number of rotatable bonds is 9. The first kappa shape index (κ1) is 18.2. The molecule has 0 heterocycles. The van der Waals surface area contributed by atoms with Crippen LogP contribution >= 0.6 is 0 Å². The number of anilines is 3. The van der Waals surface area contributed by atoms with Crippen LogP contribution in [0.15, 0.2) is 23.3 Å². The molecule has 0 saturated heterocycles. The maximum atomic E-state index is 10.7. The van der Waals surface area contributed by atoms with Crippen LogP contribution in [0.4, 0.5) is 17.1 Å². The first-order valence-electron chi connectivity index (χ1n) is 7.25. The number of hydrogen-bond acceptors (Lipinski definition) is 8. The van der Waals surface area contributed by atoms with Crippen molar-refractivity contribution in [2.75, 3.05) is 15.9 Å². The summed E-state index contributed by atoms with van der Waals surface area (Å²) in [5, 5.41) is 43.0. The van der Waals surface area contributed by atoms with E-state index in [4.69, 9.17) is 10.4 Å². The molecule has 0 aliphatic heterocycles. The molecule has 0 spiro atoms. The van der Waals surface area contributed by atoms with Gasteiger partial charge < -0.3 is 15.6 Å². The largest absolute Gasteiger partial charge is 0.769 e. The highest BCUT2D eigenvalue weighted by Gasteiger charge is 2.08. The van der Waals surface area contributed by atoms with Gasteiger partial charge >= 0.3 is 0 Å². The third kappa shape index (κ3) is 5.49. The van der Waals surface area contributed by atoms with E-state index in [-0.39, 0.29) is 22.3 Å². The third-order valence-electron chi connectivity index (χ3n) is 3.33. The summed E-state index contributed by atoms with van der Waals surface area (Å²) in [5.41, 5.74) is 2.56. The first-order valence-corrected chi connectivity index (χ1v) is 7.25. The van der Waals surface area contributed by atoms with Gasteiger partial charge in [0.15, 0.2) is 0 Å². The minimum Gasteiger partial charge on any atom is -0.769 e. The lowest BCUT2D eigenvalue weighted by atomic mass is 10.0. The highest BCUT2D eigenvalue weighted by molar-refractivity contribution is 5.74. The average molecular weight is 310 g/mol. The fourth-order valence-corrected chi connectivity index (χ4v) is 1.96. The number of hydrazone groups is 1. The van der Waals surface area contributed by atoms with Crippen molar-refractivity contribution in [1.82, 2.24) is 0 Å². The van der Waals surface area contributed by atoms with Gasteiger partial charge in [0.1, 0.15) is 5.69 Å². The van der Waals surface area contributed by atoms with E-state index in [2.05, 4.69) is 24.4 Å². The third-order valence-corrected chi connectivity index (χ3v) is 3.33. The molecule has 0 saturated carbocycles. The van der Waals surface area contributed by atoms with Crippen LogP contribution in [0.1, 0.15) is 39.5 Å². The van der Waals surface area contributed by atoms with Crippen molar-refractivity contribution >= 4 is 23.3 Å². The minimum atomic E-state index is -0.613. The van der Waals surface area contributed by atoms with Gasteiger partial charge in [-0.15, -0.1) is 5.23 Å². The van der Waals surface area contributed by atoms with Crippen LogP contribution in [0.2, 0.25) is 0 Å². The Kier molecular flexibility index (Phi) is 7.61. The fraction of sp³-hybridized carbons (Fsp3) is 0.500. The van der Waals surface area contributed by atoms with Crippen LogP contribution in [-0.2, 0) is 0 Å². The first-order chi connectivity index (χ1) is 10.5. The van der Waals surface area contributed by atoms with E-state index >= 15 is 0 Å². The molecule has 1 unspecified atom stereocenters. The van der Waals surface area contributed by atoms with E-state index in [1.54, 1.807) is 6.21 Å². The zero-order chi connectivity index (χ0) is 16.5. The van der Waals surface area contributed by atoms with Gasteiger partial charge in [-0.05, 0) is 37.0 Å². The lowest BCUT2D eigenvalue weighted by molar-refractivity contribution is 0.0295. The lowest BCUT2D eigenvalue weighted by Gasteiger charge is -2.37. The molecule has 0 fully saturated rings. The zero-order valence-corrected chi connectivity index (χ0v) is 12.8. The summed E-state index contributed by atoms with van der Waals surface area (Å²) in [4.78, 5) is 0. The van der Waals surface area contributed by atoms with E-state index in [9.17, 15) is 10.4 Å². The molecule has 1 rings (SSSR count). The predicted molar refractivity (Wildman–Crippen MR) is 87.1 cm³/mol. The predicted octanol–water partition coefficient (Wildman–Crippen LogP) is 3.69. The Bertz CT molecular complexity index is 480. The summed E-state index contributed by atoms with van der Waals surface area (Å²) in [7, 11) is 0. The Balaban J connectivity index is 2.79. The fourth-order valence-electron chi connectivity index (χ4n) is 1.96. The van der Waals surface area contributed by atoms with E-state index in [0.717, 1.165) is 31.7 Å². The van der Waals surface area contributed by atoms with E-state index in [1.165, 1.54) is 12.1 Å². The molecule has 0 aromatic heterocycles. The maximum Gasteiger partial charge on any atom is 0.121 e. The summed E-state index contributed by atoms with van der Waals surface area (Å²) < 4.78 is 0. The smallest absolute Gasteiger partial charge is 0.121 e. The van der Waals surface area contributed by atoms with Gasteiger partial charge in [0, 0.05) is 11.9 Å². The van der Waals surface area contributed by atoms with Crippen LogP contribution in [0.25, 0.3) is 0 Å². The van der Waals surface area contributed by atoms with Crippen molar-refractivity contribution in [1.29, 1.82) is 0 Å². The van der Waals surface area contributed by atoms with E-state index in [0.29, 0.717) is 5.92 Å². The molecular formula is C14H22N4O4-2. The van der Waals surface area contributed by atoms with E-state index in [1.807, 2.05) is 0 Å². The average Bonchev–Trinajstić information content (AvgIpc) is 2.50. The Morgan fingerprint density at radius 3 is 2.59 bits per heavy atom. The maximum absolute atomic E-state index is 10.7. The van der Waals surface area contributed by atoms with Gasteiger partial charge in [0.25, 0.3) is 0 Å². The molecule has 124 valence electrons. The van der Waals surface area contributed by atoms with Gasteiger partial charge in [-0.3, -0.25) is 15.8 Å². The zero-order valence-electron chi connectivity index (χ0n) is 12.8. The van der Waals surface area contributed by atoms with Gasteiger partial charge in [0.2, 0.25) is 0 Å². The molecule has 1 aromatic carbocycles. The number of hydrogen-bond donors (Lipinski definition) is 3. The number of unbranched alkanes of at least 4 members (excludes halogenated alkanes) is 1. The van der Waals surface area contributed by atoms with Gasteiger partial charge in [-0.1, -0.05) is 26.7 Å². The SMILES string of the molecule is CCCCC(C=NNc1ccc(N([O-])[O-])cc1N(O)O)CC. The molecule has 8 nitrogen and oxygen atoms in total. The van der Waals surface area contributed by atoms with Crippen LogP contribution in [-0.4, -0.2) is 16.6 Å². The Morgan fingerprint density at radius 1 is 1.32 bits per heavy atom. The lowest BCUT2D eigenvalue weighted by Crippen LogP contribution is -2.14. The summed E-state index contributed by atoms with van der Waals surface area (Å²) in [5.74, 6) is 0.341. The second kappa shape index (κ2) is 9.21. The molecule has 0 aliphatic rings. The molecule has 22 heavy (non-hydrogen) atoms. The molecule has 8 heteroatoms. The van der Waals surface area contributed by atoms with Gasteiger partial charge in [-0.2, -0.15) is 5.10 Å².